The van der Waals surface area contributed by atoms with Gasteiger partial charge in [0.2, 0.25) is 0 Å². The predicted molar refractivity (Wildman–Crippen MR) is 131 cm³/mol. The highest BCUT2D eigenvalue weighted by Gasteiger charge is 2.32. The van der Waals surface area contributed by atoms with Gasteiger partial charge in [-0.2, -0.15) is 10.1 Å². The number of hydrogen-bond acceptors (Lipinski definition) is 4. The van der Waals surface area contributed by atoms with Gasteiger partial charge in [-0.05, 0) is 54.6 Å². The van der Waals surface area contributed by atoms with Crippen molar-refractivity contribution in [2.24, 2.45) is 5.10 Å². The Labute approximate surface area is 200 Å². The minimum atomic E-state index is -0.992. The van der Waals surface area contributed by atoms with E-state index >= 15 is 0 Å². The third-order valence-corrected chi connectivity index (χ3v) is 5.58. The lowest BCUT2D eigenvalue weighted by atomic mass is 10.0. The van der Waals surface area contributed by atoms with E-state index in [1.54, 1.807) is 42.5 Å². The van der Waals surface area contributed by atoms with E-state index in [1.807, 2.05) is 42.5 Å². The molecule has 0 unspecified atom stereocenters. The molecule has 166 valence electrons. The molecule has 34 heavy (non-hydrogen) atoms. The average molecular weight is 469 g/mol. The number of halogens is 1. The van der Waals surface area contributed by atoms with Gasteiger partial charge in [-0.15, -0.1) is 0 Å². The smallest absolute Gasteiger partial charge is 0.335 e. The minimum Gasteiger partial charge on any atom is -0.478 e. The van der Waals surface area contributed by atoms with Crippen molar-refractivity contribution >= 4 is 41.0 Å². The summed E-state index contributed by atoms with van der Waals surface area (Å²) in [5.74, 6) is -0.246. The van der Waals surface area contributed by atoms with Crippen LogP contribution in [0, 0.1) is 0 Å². The Bertz CT molecular complexity index is 1440. The molecule has 1 aliphatic heterocycles. The molecule has 0 fully saturated rings. The second-order valence-corrected chi connectivity index (χ2v) is 7.99. The Morgan fingerprint density at radius 2 is 1.56 bits per heavy atom. The van der Waals surface area contributed by atoms with E-state index in [1.165, 1.54) is 17.1 Å². The highest BCUT2D eigenvalue weighted by atomic mass is 35.5. The summed E-state index contributed by atoms with van der Waals surface area (Å²) in [7, 11) is 0. The first-order chi connectivity index (χ1) is 16.5. The first-order valence-electron chi connectivity index (χ1n) is 10.4. The lowest BCUT2D eigenvalue weighted by molar-refractivity contribution is -0.114. The molecule has 0 bridgehead atoms. The number of benzene rings is 3. The summed E-state index contributed by atoms with van der Waals surface area (Å²) in [4.78, 5) is 24.4. The number of hydrazone groups is 1. The molecular formula is C27H17ClN2O4. The van der Waals surface area contributed by atoms with E-state index in [9.17, 15) is 9.59 Å². The molecule has 2 heterocycles. The second-order valence-electron chi connectivity index (χ2n) is 7.55. The number of amides is 1. The van der Waals surface area contributed by atoms with Gasteiger partial charge in [0.1, 0.15) is 17.2 Å². The topological polar surface area (TPSA) is 83.1 Å². The van der Waals surface area contributed by atoms with Crippen LogP contribution in [0.25, 0.3) is 17.4 Å². The molecule has 0 saturated heterocycles. The van der Waals surface area contributed by atoms with Crippen LogP contribution in [0.5, 0.6) is 0 Å². The Morgan fingerprint density at radius 3 is 2.24 bits per heavy atom. The fourth-order valence-corrected chi connectivity index (χ4v) is 3.74. The molecule has 1 aliphatic rings. The number of carbonyl (C=O) groups excluding carboxylic acids is 1. The SMILES string of the molecule is O=C(O)c1ccc(-c2ccc(/C=C3\C(=O)N(c4ccccc4)N=C3c3ccc(Cl)cc3)o2)cc1. The van der Waals surface area contributed by atoms with Gasteiger partial charge in [-0.1, -0.05) is 54.1 Å². The Kier molecular flexibility index (Phi) is 5.57. The van der Waals surface area contributed by atoms with Crippen molar-refractivity contribution in [3.63, 3.8) is 0 Å². The van der Waals surface area contributed by atoms with Crippen LogP contribution in [0.3, 0.4) is 0 Å². The maximum atomic E-state index is 13.4. The van der Waals surface area contributed by atoms with Gasteiger partial charge >= 0.3 is 5.97 Å². The number of nitrogens with zero attached hydrogens (tertiary/aromatic N) is 2. The summed E-state index contributed by atoms with van der Waals surface area (Å²) in [6.45, 7) is 0. The average Bonchev–Trinajstić information content (AvgIpc) is 3.46. The van der Waals surface area contributed by atoms with Crippen LogP contribution in [0.2, 0.25) is 5.02 Å². The summed E-state index contributed by atoms with van der Waals surface area (Å²) >= 11 is 6.05. The van der Waals surface area contributed by atoms with Crippen molar-refractivity contribution < 1.29 is 19.1 Å². The third kappa shape index (κ3) is 4.14. The van der Waals surface area contributed by atoms with Crippen molar-refractivity contribution in [3.05, 3.63) is 118 Å². The molecule has 0 radical (unpaired) electrons. The standard InChI is InChI=1S/C27H17ClN2O4/c28-20-12-10-18(11-13-20)25-23(26(31)30(29-25)21-4-2-1-3-5-21)16-22-14-15-24(34-22)17-6-8-19(9-7-17)27(32)33/h1-16H,(H,32,33)/b23-16-. The molecule has 7 heteroatoms. The number of para-hydroxylation sites is 1. The summed E-state index contributed by atoms with van der Waals surface area (Å²) in [6.07, 6.45) is 1.66. The van der Waals surface area contributed by atoms with E-state index in [-0.39, 0.29) is 11.5 Å². The number of carboxylic acids is 1. The Hall–Kier alpha value is -4.42. The van der Waals surface area contributed by atoms with Gasteiger partial charge < -0.3 is 9.52 Å². The van der Waals surface area contributed by atoms with Gasteiger partial charge in [-0.25, -0.2) is 4.79 Å². The van der Waals surface area contributed by atoms with Crippen LogP contribution >= 0.6 is 11.6 Å². The zero-order valence-corrected chi connectivity index (χ0v) is 18.4. The van der Waals surface area contributed by atoms with Crippen molar-refractivity contribution in [1.82, 2.24) is 0 Å². The molecule has 0 aliphatic carbocycles. The molecule has 1 amide bonds. The van der Waals surface area contributed by atoms with Crippen molar-refractivity contribution in [2.45, 2.75) is 0 Å². The number of carbonyl (C=O) groups is 2. The Balaban J connectivity index is 1.52. The number of furan rings is 1. The number of rotatable bonds is 5. The number of carboxylic acid groups (broad SMARTS) is 1. The molecule has 0 atom stereocenters. The van der Waals surface area contributed by atoms with Crippen LogP contribution < -0.4 is 5.01 Å². The van der Waals surface area contributed by atoms with Crippen LogP contribution in [0.1, 0.15) is 21.7 Å². The van der Waals surface area contributed by atoms with Gasteiger partial charge in [0.25, 0.3) is 5.91 Å². The highest BCUT2D eigenvalue weighted by molar-refractivity contribution is 6.37. The summed E-state index contributed by atoms with van der Waals surface area (Å²) in [5, 5.41) is 15.6. The second kappa shape index (κ2) is 8.84. The minimum absolute atomic E-state index is 0.194. The van der Waals surface area contributed by atoms with Crippen molar-refractivity contribution in [2.75, 3.05) is 5.01 Å². The maximum Gasteiger partial charge on any atom is 0.335 e. The lowest BCUT2D eigenvalue weighted by Crippen LogP contribution is -2.21. The van der Waals surface area contributed by atoms with Crippen molar-refractivity contribution in [3.8, 4) is 11.3 Å². The molecule has 6 nitrogen and oxygen atoms in total. The summed E-state index contributed by atoms with van der Waals surface area (Å²) in [5.41, 5.74) is 3.21. The lowest BCUT2D eigenvalue weighted by Gasteiger charge is -2.10. The van der Waals surface area contributed by atoms with E-state index in [4.69, 9.17) is 21.1 Å². The summed E-state index contributed by atoms with van der Waals surface area (Å²) < 4.78 is 5.95. The number of aromatic carboxylic acids is 1. The first kappa shape index (κ1) is 21.4. The zero-order chi connectivity index (χ0) is 23.7. The first-order valence-corrected chi connectivity index (χ1v) is 10.8. The number of anilines is 1. The fraction of sp³-hybridized carbons (Fsp3) is 0. The highest BCUT2D eigenvalue weighted by Crippen LogP contribution is 2.30. The monoisotopic (exact) mass is 468 g/mol. The molecule has 1 N–H and O–H groups in total. The van der Waals surface area contributed by atoms with E-state index < -0.39 is 5.97 Å². The molecule has 0 saturated carbocycles. The zero-order valence-electron chi connectivity index (χ0n) is 17.7. The molecule has 3 aromatic carbocycles. The van der Waals surface area contributed by atoms with Crippen LogP contribution in [0.15, 0.2) is 106 Å². The predicted octanol–water partition coefficient (Wildman–Crippen LogP) is 6.13. The third-order valence-electron chi connectivity index (χ3n) is 5.33. The quantitative estimate of drug-likeness (QED) is 0.357. The van der Waals surface area contributed by atoms with E-state index in [2.05, 4.69) is 5.10 Å². The van der Waals surface area contributed by atoms with Gasteiger partial charge in [0.15, 0.2) is 0 Å². The molecule has 4 aromatic rings. The normalized spacial score (nSPS) is 14.5. The summed E-state index contributed by atoms with van der Waals surface area (Å²) in [6, 6.07) is 26.2. The van der Waals surface area contributed by atoms with E-state index in [0.29, 0.717) is 33.5 Å². The van der Waals surface area contributed by atoms with Gasteiger partial charge in [-0.3, -0.25) is 4.79 Å². The molecular weight excluding hydrogens is 452 g/mol. The van der Waals surface area contributed by atoms with Gasteiger partial charge in [0, 0.05) is 16.1 Å². The molecule has 0 spiro atoms. The molecule has 5 rings (SSSR count). The fourth-order valence-electron chi connectivity index (χ4n) is 3.61. The maximum absolute atomic E-state index is 13.4. The van der Waals surface area contributed by atoms with Crippen molar-refractivity contribution in [1.29, 1.82) is 0 Å². The van der Waals surface area contributed by atoms with Crippen LogP contribution in [-0.2, 0) is 4.79 Å². The van der Waals surface area contributed by atoms with Crippen LogP contribution in [-0.4, -0.2) is 22.7 Å². The number of hydrogen-bond donors (Lipinski definition) is 1. The largest absolute Gasteiger partial charge is 0.478 e. The van der Waals surface area contributed by atoms with E-state index in [0.717, 1.165) is 11.1 Å². The van der Waals surface area contributed by atoms with Crippen LogP contribution in [0.4, 0.5) is 5.69 Å². The Morgan fingerprint density at radius 1 is 0.882 bits per heavy atom. The van der Waals surface area contributed by atoms with Gasteiger partial charge in [0.05, 0.1) is 16.8 Å². The molecule has 1 aromatic heterocycles.